The van der Waals surface area contributed by atoms with Crippen LogP contribution in [-0.4, -0.2) is 51.7 Å². The first-order valence-corrected chi connectivity index (χ1v) is 15.2. The number of carbonyl (C=O) groups excluding carboxylic acids is 3. The zero-order valence-electron chi connectivity index (χ0n) is 24.6. The van der Waals surface area contributed by atoms with E-state index in [0.29, 0.717) is 30.9 Å². The molecule has 0 saturated carbocycles. The lowest BCUT2D eigenvalue weighted by Gasteiger charge is -2.20. The highest BCUT2D eigenvalue weighted by molar-refractivity contribution is 7.92. The first-order chi connectivity index (χ1) is 20.4. The lowest BCUT2D eigenvalue weighted by molar-refractivity contribution is -0.143. The van der Waals surface area contributed by atoms with Crippen LogP contribution < -0.4 is 20.1 Å². The molecule has 3 rings (SSSR count). The van der Waals surface area contributed by atoms with E-state index in [1.54, 1.807) is 69.3 Å². The highest BCUT2D eigenvalue weighted by atomic mass is 32.2. The van der Waals surface area contributed by atoms with Crippen LogP contribution in [0.25, 0.3) is 0 Å². The molecule has 12 heteroatoms. The number of nitrogens with one attached hydrogen (secondary N) is 3. The largest absolute Gasteiger partial charge is 0.467 e. The van der Waals surface area contributed by atoms with Gasteiger partial charge in [0.15, 0.2) is 5.75 Å². The third kappa shape index (κ3) is 10.6. The van der Waals surface area contributed by atoms with Gasteiger partial charge < -0.3 is 24.8 Å². The zero-order chi connectivity index (χ0) is 31.5. The van der Waals surface area contributed by atoms with Crippen LogP contribution >= 0.6 is 0 Å². The number of benzene rings is 3. The number of rotatable bonds is 13. The maximum atomic E-state index is 13.1. The van der Waals surface area contributed by atoms with Crippen molar-refractivity contribution in [1.82, 2.24) is 10.6 Å². The van der Waals surface area contributed by atoms with Crippen LogP contribution in [0.15, 0.2) is 83.8 Å². The summed E-state index contributed by atoms with van der Waals surface area (Å²) in [6, 6.07) is 20.0. The molecule has 0 heterocycles. The fourth-order valence-electron chi connectivity index (χ4n) is 3.86. The molecule has 0 aliphatic carbocycles. The van der Waals surface area contributed by atoms with Crippen molar-refractivity contribution in [2.24, 2.45) is 0 Å². The van der Waals surface area contributed by atoms with E-state index in [9.17, 15) is 22.8 Å². The van der Waals surface area contributed by atoms with Gasteiger partial charge in [-0.1, -0.05) is 30.3 Å². The zero-order valence-corrected chi connectivity index (χ0v) is 25.4. The Morgan fingerprint density at radius 3 is 2.16 bits per heavy atom. The molecule has 0 radical (unpaired) electrons. The van der Waals surface area contributed by atoms with Crippen LogP contribution in [-0.2, 0) is 24.3 Å². The van der Waals surface area contributed by atoms with Gasteiger partial charge in [0.05, 0.1) is 17.7 Å². The van der Waals surface area contributed by atoms with Gasteiger partial charge in [-0.2, -0.15) is 0 Å². The second-order valence-corrected chi connectivity index (χ2v) is 12.2. The smallest absolute Gasteiger partial charge is 0.407 e. The van der Waals surface area contributed by atoms with E-state index < -0.39 is 39.6 Å². The molecule has 0 aliphatic heterocycles. The molecule has 43 heavy (non-hydrogen) atoms. The molecule has 0 aromatic heterocycles. The Morgan fingerprint density at radius 1 is 0.860 bits per heavy atom. The molecule has 3 aromatic carbocycles. The van der Waals surface area contributed by atoms with Gasteiger partial charge in [-0.3, -0.25) is 9.52 Å². The minimum Gasteiger partial charge on any atom is -0.467 e. The number of unbranched alkanes of at least 4 members (excludes halogenated alkanes) is 1. The van der Waals surface area contributed by atoms with Crippen molar-refractivity contribution in [2.75, 3.05) is 18.4 Å². The van der Waals surface area contributed by atoms with Crippen molar-refractivity contribution >= 4 is 33.7 Å². The van der Waals surface area contributed by atoms with Crippen LogP contribution in [0.5, 0.6) is 11.5 Å². The number of hydrogen-bond donors (Lipinski definition) is 3. The van der Waals surface area contributed by atoms with Gasteiger partial charge in [-0.25, -0.2) is 18.0 Å². The minimum absolute atomic E-state index is 0.0689. The SMILES string of the molecule is COC(=O)[C@H](CCCCNC(=O)OC(C)(C)C)NC(=O)c1ccc(S(=O)(=O)Nc2ccccc2Oc2ccccc2)cc1. The van der Waals surface area contributed by atoms with Crippen LogP contribution in [0.4, 0.5) is 10.5 Å². The topological polar surface area (TPSA) is 149 Å². The Kier molecular flexibility index (Phi) is 11.5. The predicted octanol–water partition coefficient (Wildman–Crippen LogP) is 5.25. The van der Waals surface area contributed by atoms with Gasteiger partial charge in [0.2, 0.25) is 0 Å². The number of para-hydroxylation sites is 3. The van der Waals surface area contributed by atoms with Gasteiger partial charge >= 0.3 is 12.1 Å². The summed E-state index contributed by atoms with van der Waals surface area (Å²) in [5, 5.41) is 5.28. The third-order valence-corrected chi connectivity index (χ3v) is 7.29. The van der Waals surface area contributed by atoms with Crippen molar-refractivity contribution in [3.63, 3.8) is 0 Å². The average Bonchev–Trinajstić information content (AvgIpc) is 2.96. The Balaban J connectivity index is 1.59. The number of methoxy groups -OCH3 is 1. The molecule has 2 amide bonds. The maximum Gasteiger partial charge on any atom is 0.407 e. The third-order valence-electron chi connectivity index (χ3n) is 5.91. The molecule has 0 fully saturated rings. The van der Waals surface area contributed by atoms with Crippen molar-refractivity contribution in [1.29, 1.82) is 0 Å². The molecule has 0 aliphatic rings. The van der Waals surface area contributed by atoms with Crippen molar-refractivity contribution in [2.45, 2.75) is 56.6 Å². The molecule has 0 unspecified atom stereocenters. The highest BCUT2D eigenvalue weighted by Gasteiger charge is 2.23. The Labute approximate surface area is 252 Å². The minimum atomic E-state index is -4.02. The molecular formula is C31H37N3O8S. The van der Waals surface area contributed by atoms with E-state index in [1.165, 1.54) is 31.4 Å². The van der Waals surface area contributed by atoms with Crippen LogP contribution in [0.2, 0.25) is 0 Å². The summed E-state index contributed by atoms with van der Waals surface area (Å²) in [5.41, 5.74) is -0.200. The lowest BCUT2D eigenvalue weighted by Crippen LogP contribution is -2.41. The molecule has 1 atom stereocenters. The Bertz CT molecular complexity index is 1490. The van der Waals surface area contributed by atoms with Crippen LogP contribution in [0.1, 0.15) is 50.4 Å². The highest BCUT2D eigenvalue weighted by Crippen LogP contribution is 2.31. The van der Waals surface area contributed by atoms with Gasteiger partial charge in [0.1, 0.15) is 17.4 Å². The summed E-state index contributed by atoms with van der Waals surface area (Å²) in [6.07, 6.45) is 0.793. The number of anilines is 1. The summed E-state index contributed by atoms with van der Waals surface area (Å²) in [4.78, 5) is 36.9. The molecule has 3 aromatic rings. The van der Waals surface area contributed by atoms with Crippen molar-refractivity contribution in [3.05, 3.63) is 84.4 Å². The summed E-state index contributed by atoms with van der Waals surface area (Å²) < 4.78 is 44.6. The number of ether oxygens (including phenoxy) is 3. The standard InChI is InChI=1S/C31H37N3O8S/c1-31(2,3)42-30(37)32-21-11-10-15-26(29(36)40-4)33-28(35)22-17-19-24(20-18-22)43(38,39)34-25-14-8-9-16-27(25)41-23-12-6-5-7-13-23/h5-9,12-14,16-20,26,34H,10-11,15,21H2,1-4H3,(H,32,37)(H,33,35)/t26-/m0/s1. The normalized spacial score (nSPS) is 12.0. The predicted molar refractivity (Wildman–Crippen MR) is 162 cm³/mol. The second kappa shape index (κ2) is 15.1. The van der Waals surface area contributed by atoms with Gasteiger partial charge in [-0.15, -0.1) is 0 Å². The second-order valence-electron chi connectivity index (χ2n) is 10.5. The molecule has 11 nitrogen and oxygen atoms in total. The van der Waals surface area contributed by atoms with E-state index in [2.05, 4.69) is 15.4 Å². The molecule has 3 N–H and O–H groups in total. The van der Waals surface area contributed by atoms with Gasteiger partial charge in [0.25, 0.3) is 15.9 Å². The molecule has 230 valence electrons. The summed E-state index contributed by atoms with van der Waals surface area (Å²) in [5.74, 6) is -0.316. The van der Waals surface area contributed by atoms with Crippen molar-refractivity contribution in [3.8, 4) is 11.5 Å². The summed E-state index contributed by atoms with van der Waals surface area (Å²) in [7, 11) is -2.80. The van der Waals surface area contributed by atoms with Gasteiger partial charge in [0, 0.05) is 12.1 Å². The summed E-state index contributed by atoms with van der Waals surface area (Å²) >= 11 is 0. The lowest BCUT2D eigenvalue weighted by atomic mass is 10.1. The molecule has 0 spiro atoms. The molecular weight excluding hydrogens is 574 g/mol. The quantitative estimate of drug-likeness (QED) is 0.175. The maximum absolute atomic E-state index is 13.1. The molecule has 0 bridgehead atoms. The fourth-order valence-corrected chi connectivity index (χ4v) is 4.93. The van der Waals surface area contributed by atoms with Crippen molar-refractivity contribution < 1.29 is 37.0 Å². The van der Waals surface area contributed by atoms with E-state index >= 15 is 0 Å². The number of alkyl carbamates (subject to hydrolysis) is 1. The molecule has 0 saturated heterocycles. The van der Waals surface area contributed by atoms with Gasteiger partial charge in [-0.05, 0) is 88.6 Å². The number of hydrogen-bond acceptors (Lipinski definition) is 8. The Morgan fingerprint density at radius 2 is 1.51 bits per heavy atom. The fraction of sp³-hybridized carbons (Fsp3) is 0.323. The number of esters is 1. The summed E-state index contributed by atoms with van der Waals surface area (Å²) in [6.45, 7) is 5.64. The van der Waals surface area contributed by atoms with Crippen LogP contribution in [0.3, 0.4) is 0 Å². The van der Waals surface area contributed by atoms with E-state index in [-0.39, 0.29) is 22.6 Å². The number of sulfonamides is 1. The first kappa shape index (κ1) is 32.9. The average molecular weight is 612 g/mol. The Hall–Kier alpha value is -4.58. The van der Waals surface area contributed by atoms with E-state index in [0.717, 1.165) is 0 Å². The van der Waals surface area contributed by atoms with E-state index in [4.69, 9.17) is 14.2 Å². The van der Waals surface area contributed by atoms with E-state index in [1.807, 2.05) is 6.07 Å². The number of carbonyl (C=O) groups is 3. The number of amides is 2. The first-order valence-electron chi connectivity index (χ1n) is 13.7. The van der Waals surface area contributed by atoms with Crippen LogP contribution in [0, 0.1) is 0 Å². The monoisotopic (exact) mass is 611 g/mol.